The van der Waals surface area contributed by atoms with Gasteiger partial charge >= 0.3 is 6.20 Å². The van der Waals surface area contributed by atoms with Crippen LogP contribution in [0.4, 0.5) is 10.2 Å². The maximum Gasteiger partial charge on any atom is 0.363 e. The van der Waals surface area contributed by atoms with Gasteiger partial charge in [0.1, 0.15) is 29.9 Å². The number of nitrogens with zero attached hydrogens (tertiary/aromatic N) is 6. The summed E-state index contributed by atoms with van der Waals surface area (Å²) in [6, 6.07) is 14.2. The number of aliphatic hydroxyl groups is 1. The smallest absolute Gasteiger partial charge is 0.363 e. The maximum absolute atomic E-state index is 13.9. The predicted molar refractivity (Wildman–Crippen MR) is 164 cm³/mol. The fraction of sp³-hybridized carbons (Fsp3) is 0.273. The number of ether oxygens (including phenoxy) is 1. The molecule has 1 saturated heterocycles. The van der Waals surface area contributed by atoms with Gasteiger partial charge in [0.05, 0.1) is 35.5 Å². The van der Waals surface area contributed by atoms with E-state index in [0.717, 1.165) is 33.0 Å². The molecule has 1 fully saturated rings. The topological polar surface area (TPSA) is 115 Å². The second kappa shape index (κ2) is 10.6. The molecule has 7 rings (SSSR count). The summed E-state index contributed by atoms with van der Waals surface area (Å²) in [5.41, 5.74) is 3.53. The van der Waals surface area contributed by atoms with E-state index in [1.54, 1.807) is 54.7 Å². The van der Waals surface area contributed by atoms with Crippen molar-refractivity contribution in [3.05, 3.63) is 95.1 Å². The normalized spacial score (nSPS) is 15.7. The monoisotopic (exact) mass is 592 g/mol. The highest BCUT2D eigenvalue weighted by molar-refractivity contribution is 5.99. The number of H-pyrrole nitrogens is 1. The van der Waals surface area contributed by atoms with Crippen LogP contribution in [0, 0.1) is 12.0 Å². The van der Waals surface area contributed by atoms with E-state index in [1.165, 1.54) is 12.1 Å². The van der Waals surface area contributed by atoms with Crippen LogP contribution in [0.5, 0.6) is 0 Å². The largest absolute Gasteiger partial charge is 0.388 e. The molecule has 6 aromatic rings. The molecule has 0 unspecified atom stereocenters. The lowest BCUT2D eigenvalue weighted by Gasteiger charge is -2.37. The highest BCUT2D eigenvalue weighted by Gasteiger charge is 2.29. The first-order chi connectivity index (χ1) is 21.1. The molecule has 44 heavy (non-hydrogen) atoms. The first-order valence-corrected chi connectivity index (χ1v) is 14.4. The molecule has 222 valence electrons. The van der Waals surface area contributed by atoms with Crippen molar-refractivity contribution >= 4 is 27.6 Å². The summed E-state index contributed by atoms with van der Waals surface area (Å²) in [4.78, 5) is 28.0. The molecule has 2 N–H and O–H groups in total. The molecule has 0 bridgehead atoms. The van der Waals surface area contributed by atoms with Crippen LogP contribution in [0.1, 0.15) is 25.5 Å². The van der Waals surface area contributed by atoms with E-state index in [0.29, 0.717) is 42.5 Å². The summed E-state index contributed by atoms with van der Waals surface area (Å²) >= 11 is 0. The van der Waals surface area contributed by atoms with Crippen molar-refractivity contribution in [3.63, 3.8) is 0 Å². The number of pyridine rings is 1. The Balaban J connectivity index is 1.42. The lowest BCUT2D eigenvalue weighted by molar-refractivity contribution is -0.422. The fourth-order valence-corrected chi connectivity index (χ4v) is 5.85. The molecule has 1 aliphatic heterocycles. The highest BCUT2D eigenvalue weighted by atomic mass is 19.1. The number of halogens is 1. The van der Waals surface area contributed by atoms with Gasteiger partial charge in [0.25, 0.3) is 5.56 Å². The van der Waals surface area contributed by atoms with Gasteiger partial charge in [0, 0.05) is 42.3 Å². The minimum Gasteiger partial charge on any atom is -0.388 e. The van der Waals surface area contributed by atoms with Crippen molar-refractivity contribution in [1.29, 1.82) is 0 Å². The van der Waals surface area contributed by atoms with E-state index >= 15 is 0 Å². The van der Waals surface area contributed by atoms with Crippen LogP contribution in [-0.2, 0) is 18.3 Å². The molecule has 5 heterocycles. The third kappa shape index (κ3) is 5.08. The standard InChI is InChI=1S/C33H30FN7O3/c1-33(2,43)19-40-16-22(15-36-40)30-37-27-9-6-21(26-17-39(3)32(42)29-24(26)10-11-35-29)14-25(27)31(38-30)41-12-13-44-18-28(41)20-4-7-23(34)8-5-20/h4-11,14,16-17,28,43H,12-13,18-19H2,1-3H3/p+1/t28-/m1/s1. The van der Waals surface area contributed by atoms with Crippen molar-refractivity contribution in [3.8, 4) is 22.5 Å². The zero-order valence-electron chi connectivity index (χ0n) is 24.6. The number of rotatable bonds is 6. The van der Waals surface area contributed by atoms with Crippen LogP contribution < -0.4 is 15.6 Å². The first-order valence-electron chi connectivity index (χ1n) is 14.4. The predicted octanol–water partition coefficient (Wildman–Crippen LogP) is 3.83. The minimum atomic E-state index is -0.953. The van der Waals surface area contributed by atoms with Crippen molar-refractivity contribution in [2.75, 3.05) is 24.7 Å². The number of hydrogen-bond donors (Lipinski definition) is 2. The average Bonchev–Trinajstić information content (AvgIpc) is 3.68. The molecule has 0 amide bonds. The molecule has 2 aromatic carbocycles. The summed E-state index contributed by atoms with van der Waals surface area (Å²) in [7, 11) is 1.74. The van der Waals surface area contributed by atoms with Crippen LogP contribution >= 0.6 is 0 Å². The first kappa shape index (κ1) is 27.8. The van der Waals surface area contributed by atoms with Gasteiger partial charge in [-0.25, -0.2) is 14.4 Å². The second-order valence-corrected chi connectivity index (χ2v) is 11.8. The van der Waals surface area contributed by atoms with Crippen LogP contribution in [0.2, 0.25) is 0 Å². The molecule has 0 saturated carbocycles. The van der Waals surface area contributed by atoms with E-state index in [-0.39, 0.29) is 24.0 Å². The van der Waals surface area contributed by atoms with Gasteiger partial charge in [-0.1, -0.05) is 18.2 Å². The molecule has 4 aromatic heterocycles. The summed E-state index contributed by atoms with van der Waals surface area (Å²) < 4.78 is 23.0. The Morgan fingerprint density at radius 3 is 2.75 bits per heavy atom. The SMILES string of the molecule is Cn1cc(-c2ccc3nc(-c4c#[n+]n(CC(C)(C)O)c4)nc(N4CCOC[C@@H]4c4ccc(F)cc4)c3c2)c2cc[nH]c2c1=O. The number of aromatic nitrogens is 6. The molecular weight excluding hydrogens is 561 g/mol. The molecule has 0 aliphatic carbocycles. The van der Waals surface area contributed by atoms with E-state index in [2.05, 4.69) is 27.2 Å². The Morgan fingerprint density at radius 1 is 1.14 bits per heavy atom. The van der Waals surface area contributed by atoms with Crippen LogP contribution in [-0.4, -0.2) is 54.7 Å². The molecule has 0 radical (unpaired) electrons. The Labute approximate surface area is 252 Å². The van der Waals surface area contributed by atoms with Crippen molar-refractivity contribution in [2.24, 2.45) is 7.05 Å². The maximum atomic E-state index is 13.9. The van der Waals surface area contributed by atoms with Crippen molar-refractivity contribution in [1.82, 2.24) is 24.2 Å². The van der Waals surface area contributed by atoms with E-state index in [9.17, 15) is 14.3 Å². The molecule has 1 aliphatic rings. The van der Waals surface area contributed by atoms with Crippen LogP contribution in [0.25, 0.3) is 44.3 Å². The number of benzene rings is 2. The number of nitrogens with one attached hydrogen (secondary N) is 1. The molecule has 0 spiro atoms. The van der Waals surface area contributed by atoms with Gasteiger partial charge in [-0.2, -0.15) is 0 Å². The van der Waals surface area contributed by atoms with Gasteiger partial charge in [-0.3, -0.25) is 4.79 Å². The molecule has 1 atom stereocenters. The number of anilines is 1. The zero-order valence-corrected chi connectivity index (χ0v) is 24.6. The van der Waals surface area contributed by atoms with Crippen molar-refractivity contribution < 1.29 is 19.3 Å². The Bertz CT molecular complexity index is 2060. The Morgan fingerprint density at radius 2 is 1.95 bits per heavy atom. The van der Waals surface area contributed by atoms with Crippen molar-refractivity contribution in [2.45, 2.75) is 32.0 Å². The summed E-state index contributed by atoms with van der Waals surface area (Å²) in [6.07, 6.45) is 8.40. The number of hydrogen-bond acceptors (Lipinski definition) is 6. The van der Waals surface area contributed by atoms with Gasteiger partial charge in [0.15, 0.2) is 11.4 Å². The quantitative estimate of drug-likeness (QED) is 0.302. The number of morpholine rings is 1. The molecular formula is C33H31FN7O3+. The number of aryl methyl sites for hydroxylation is 1. The van der Waals surface area contributed by atoms with Gasteiger partial charge in [-0.15, -0.1) is 0 Å². The summed E-state index contributed by atoms with van der Waals surface area (Å²) in [5, 5.41) is 16.3. The number of fused-ring (bicyclic) bond motifs is 2. The fourth-order valence-electron chi connectivity index (χ4n) is 5.85. The molecule has 10 nitrogen and oxygen atoms in total. The van der Waals surface area contributed by atoms with Crippen LogP contribution in [0.3, 0.4) is 0 Å². The van der Waals surface area contributed by atoms with Gasteiger partial charge in [-0.05, 0) is 60.0 Å². The Hall–Kier alpha value is -5.05. The minimum absolute atomic E-state index is 0.0972. The summed E-state index contributed by atoms with van der Waals surface area (Å²) in [6.45, 7) is 5.19. The van der Waals surface area contributed by atoms with E-state index < -0.39 is 5.60 Å². The third-order valence-electron chi connectivity index (χ3n) is 7.90. The second-order valence-electron chi connectivity index (χ2n) is 11.8. The lowest BCUT2D eigenvalue weighted by Crippen LogP contribution is -2.40. The zero-order chi connectivity index (χ0) is 30.6. The highest BCUT2D eigenvalue weighted by Crippen LogP contribution is 2.37. The summed E-state index contributed by atoms with van der Waals surface area (Å²) in [5.74, 6) is 0.841. The molecule has 11 heteroatoms. The third-order valence-corrected chi connectivity index (χ3v) is 7.90. The van der Waals surface area contributed by atoms with Crippen LogP contribution in [0.15, 0.2) is 71.9 Å². The number of aromatic amines is 1. The average molecular weight is 593 g/mol. The Kier molecular flexibility index (Phi) is 6.68. The van der Waals surface area contributed by atoms with E-state index in [4.69, 9.17) is 14.7 Å². The van der Waals surface area contributed by atoms with Gasteiger partial charge < -0.3 is 24.3 Å². The van der Waals surface area contributed by atoms with E-state index in [1.807, 2.05) is 24.4 Å². The lowest BCUT2D eigenvalue weighted by atomic mass is 10.0. The van der Waals surface area contributed by atoms with Gasteiger partial charge in [0.2, 0.25) is 0 Å².